The van der Waals surface area contributed by atoms with E-state index in [4.69, 9.17) is 18.0 Å². The van der Waals surface area contributed by atoms with Gasteiger partial charge in [0.2, 0.25) is 0 Å². The van der Waals surface area contributed by atoms with Gasteiger partial charge in [-0.3, -0.25) is 4.79 Å². The molecule has 0 aliphatic carbocycles. The van der Waals surface area contributed by atoms with Gasteiger partial charge in [-0.1, -0.05) is 37.2 Å². The number of nitrogens with zero attached hydrogens (tertiary/aromatic N) is 1. The summed E-state index contributed by atoms with van der Waals surface area (Å²) in [5.41, 5.74) is 7.30. The van der Waals surface area contributed by atoms with E-state index in [1.165, 1.54) is 12.8 Å². The van der Waals surface area contributed by atoms with Crippen LogP contribution >= 0.6 is 12.2 Å². The summed E-state index contributed by atoms with van der Waals surface area (Å²) in [4.78, 5) is 14.9. The third-order valence-electron chi connectivity index (χ3n) is 3.45. The highest BCUT2D eigenvalue weighted by Gasteiger charge is 2.17. The Balaban J connectivity index is 2.11. The molecule has 0 spiro atoms. The maximum atomic E-state index is 12.5. The second-order valence-electron chi connectivity index (χ2n) is 5.05. The summed E-state index contributed by atoms with van der Waals surface area (Å²) in [6, 6.07) is 7.64. The molecule has 0 bridgehead atoms. The van der Waals surface area contributed by atoms with Crippen molar-refractivity contribution < 1.29 is 4.79 Å². The van der Waals surface area contributed by atoms with Gasteiger partial charge in [-0.05, 0) is 30.5 Å². The van der Waals surface area contributed by atoms with Crippen LogP contribution in [0, 0.1) is 0 Å². The zero-order valence-electron chi connectivity index (χ0n) is 11.1. The minimum absolute atomic E-state index is 0.131. The van der Waals surface area contributed by atoms with Crippen molar-refractivity contribution in [2.45, 2.75) is 32.1 Å². The summed E-state index contributed by atoms with van der Waals surface area (Å²) < 4.78 is 0. The van der Waals surface area contributed by atoms with Crippen molar-refractivity contribution in [3.05, 3.63) is 35.4 Å². The Kier molecular flexibility index (Phi) is 4.91. The third kappa shape index (κ3) is 4.03. The summed E-state index contributed by atoms with van der Waals surface area (Å²) in [7, 11) is 0. The highest BCUT2D eigenvalue weighted by molar-refractivity contribution is 7.80. The lowest BCUT2D eigenvalue weighted by Gasteiger charge is -2.20. The Morgan fingerprint density at radius 1 is 1.21 bits per heavy atom. The van der Waals surface area contributed by atoms with Crippen molar-refractivity contribution in [2.24, 2.45) is 5.73 Å². The van der Waals surface area contributed by atoms with Gasteiger partial charge in [-0.15, -0.1) is 0 Å². The zero-order valence-corrected chi connectivity index (χ0v) is 11.9. The van der Waals surface area contributed by atoms with E-state index in [0.717, 1.165) is 37.1 Å². The van der Waals surface area contributed by atoms with Crippen LogP contribution in [0.15, 0.2) is 24.3 Å². The van der Waals surface area contributed by atoms with Crippen molar-refractivity contribution in [3.8, 4) is 0 Å². The molecule has 1 aromatic rings. The Labute approximate surface area is 119 Å². The number of hydrogen-bond donors (Lipinski definition) is 1. The Bertz CT molecular complexity index is 465. The Morgan fingerprint density at radius 2 is 1.89 bits per heavy atom. The van der Waals surface area contributed by atoms with Crippen LogP contribution in [-0.2, 0) is 6.42 Å². The molecule has 1 aromatic carbocycles. The fourth-order valence-corrected chi connectivity index (χ4v) is 2.64. The molecule has 1 saturated heterocycles. The van der Waals surface area contributed by atoms with E-state index in [9.17, 15) is 4.79 Å². The van der Waals surface area contributed by atoms with Gasteiger partial charge in [-0.25, -0.2) is 0 Å². The molecule has 0 radical (unpaired) electrons. The Morgan fingerprint density at radius 3 is 2.53 bits per heavy atom. The highest BCUT2D eigenvalue weighted by atomic mass is 32.1. The summed E-state index contributed by atoms with van der Waals surface area (Å²) in [6.45, 7) is 1.75. The minimum Gasteiger partial charge on any atom is -0.393 e. The van der Waals surface area contributed by atoms with E-state index in [1.54, 1.807) is 0 Å². The van der Waals surface area contributed by atoms with Crippen molar-refractivity contribution in [2.75, 3.05) is 13.1 Å². The standard InChI is InChI=1S/C15H20N2OS/c16-14(19)11-12-6-5-7-13(10-12)15(18)17-8-3-1-2-4-9-17/h5-7,10H,1-4,8-9,11H2,(H2,16,19). The van der Waals surface area contributed by atoms with Crippen molar-refractivity contribution in [3.63, 3.8) is 0 Å². The van der Waals surface area contributed by atoms with Crippen LogP contribution in [0.3, 0.4) is 0 Å². The zero-order chi connectivity index (χ0) is 13.7. The molecule has 3 nitrogen and oxygen atoms in total. The van der Waals surface area contributed by atoms with E-state index in [2.05, 4.69) is 0 Å². The maximum absolute atomic E-state index is 12.5. The first-order chi connectivity index (χ1) is 9.16. The summed E-state index contributed by atoms with van der Waals surface area (Å²) in [6.07, 6.45) is 5.23. The minimum atomic E-state index is 0.131. The molecule has 1 heterocycles. The summed E-state index contributed by atoms with van der Waals surface area (Å²) in [5, 5.41) is 0. The topological polar surface area (TPSA) is 46.3 Å². The van der Waals surface area contributed by atoms with Gasteiger partial charge in [0.05, 0.1) is 4.99 Å². The SMILES string of the molecule is NC(=S)Cc1cccc(C(=O)N2CCCCCC2)c1. The molecule has 4 heteroatoms. The van der Waals surface area contributed by atoms with Crippen LogP contribution in [0.2, 0.25) is 0 Å². The molecule has 1 amide bonds. The molecule has 0 aromatic heterocycles. The number of likely N-dealkylation sites (tertiary alicyclic amines) is 1. The highest BCUT2D eigenvalue weighted by Crippen LogP contribution is 2.14. The second kappa shape index (κ2) is 6.66. The number of nitrogens with two attached hydrogens (primary N) is 1. The predicted molar refractivity (Wildman–Crippen MR) is 81.3 cm³/mol. The van der Waals surface area contributed by atoms with Crippen LogP contribution in [0.4, 0.5) is 0 Å². The number of thiocarbonyl (C=S) groups is 1. The average Bonchev–Trinajstić information content (AvgIpc) is 2.66. The van der Waals surface area contributed by atoms with Gasteiger partial charge in [0, 0.05) is 25.1 Å². The van der Waals surface area contributed by atoms with Gasteiger partial charge in [-0.2, -0.15) is 0 Å². The molecule has 102 valence electrons. The quantitative estimate of drug-likeness (QED) is 0.863. The van der Waals surface area contributed by atoms with E-state index in [1.807, 2.05) is 29.2 Å². The number of carbonyl (C=O) groups is 1. The lowest BCUT2D eigenvalue weighted by molar-refractivity contribution is 0.0761. The first kappa shape index (κ1) is 14.0. The second-order valence-corrected chi connectivity index (χ2v) is 5.57. The van der Waals surface area contributed by atoms with Crippen LogP contribution in [0.25, 0.3) is 0 Å². The normalized spacial score (nSPS) is 15.9. The van der Waals surface area contributed by atoms with Crippen LogP contribution in [0.1, 0.15) is 41.6 Å². The lowest BCUT2D eigenvalue weighted by atomic mass is 10.1. The maximum Gasteiger partial charge on any atom is 0.253 e. The van der Waals surface area contributed by atoms with Gasteiger partial charge in [0.15, 0.2) is 0 Å². The molecule has 0 unspecified atom stereocenters. The lowest BCUT2D eigenvalue weighted by Crippen LogP contribution is -2.31. The number of hydrogen-bond acceptors (Lipinski definition) is 2. The molecular formula is C15H20N2OS. The van der Waals surface area contributed by atoms with Gasteiger partial charge in [0.25, 0.3) is 5.91 Å². The van der Waals surface area contributed by atoms with Crippen molar-refractivity contribution in [1.82, 2.24) is 4.90 Å². The Hall–Kier alpha value is -1.42. The average molecular weight is 276 g/mol. The number of rotatable bonds is 3. The molecule has 2 rings (SSSR count). The monoisotopic (exact) mass is 276 g/mol. The van der Waals surface area contributed by atoms with Gasteiger partial charge >= 0.3 is 0 Å². The van der Waals surface area contributed by atoms with Crippen molar-refractivity contribution >= 4 is 23.1 Å². The van der Waals surface area contributed by atoms with Gasteiger partial charge < -0.3 is 10.6 Å². The molecule has 2 N–H and O–H groups in total. The number of amides is 1. The molecule has 0 saturated carbocycles. The summed E-state index contributed by atoms with van der Waals surface area (Å²) in [5.74, 6) is 0.131. The summed E-state index contributed by atoms with van der Waals surface area (Å²) >= 11 is 4.91. The third-order valence-corrected chi connectivity index (χ3v) is 3.59. The van der Waals surface area contributed by atoms with E-state index in [0.29, 0.717) is 11.4 Å². The van der Waals surface area contributed by atoms with E-state index < -0.39 is 0 Å². The molecule has 1 aliphatic heterocycles. The first-order valence-electron chi connectivity index (χ1n) is 6.83. The molecular weight excluding hydrogens is 256 g/mol. The van der Waals surface area contributed by atoms with Crippen LogP contribution < -0.4 is 5.73 Å². The molecule has 1 fully saturated rings. The van der Waals surface area contributed by atoms with E-state index >= 15 is 0 Å². The van der Waals surface area contributed by atoms with Crippen LogP contribution in [0.5, 0.6) is 0 Å². The van der Waals surface area contributed by atoms with E-state index in [-0.39, 0.29) is 5.91 Å². The molecule has 1 aliphatic rings. The fraction of sp³-hybridized carbons (Fsp3) is 0.467. The molecule has 19 heavy (non-hydrogen) atoms. The van der Waals surface area contributed by atoms with Gasteiger partial charge in [0.1, 0.15) is 0 Å². The first-order valence-corrected chi connectivity index (χ1v) is 7.24. The smallest absolute Gasteiger partial charge is 0.253 e. The predicted octanol–water partition coefficient (Wildman–Crippen LogP) is 2.53. The van der Waals surface area contributed by atoms with Crippen molar-refractivity contribution in [1.29, 1.82) is 0 Å². The van der Waals surface area contributed by atoms with Crippen LogP contribution in [-0.4, -0.2) is 28.9 Å². The molecule has 0 atom stereocenters. The number of benzene rings is 1. The largest absolute Gasteiger partial charge is 0.393 e. The fourth-order valence-electron chi connectivity index (χ4n) is 2.47. The number of carbonyl (C=O) groups excluding carboxylic acids is 1.